The van der Waals surface area contributed by atoms with Crippen LogP contribution in [0.1, 0.15) is 13.3 Å². The van der Waals surface area contributed by atoms with Crippen molar-refractivity contribution in [2.24, 2.45) is 0 Å². The lowest BCUT2D eigenvalue weighted by atomic mass is 10.4. The number of rotatable bonds is 7. The van der Waals surface area contributed by atoms with Crippen LogP contribution in [-0.2, 0) is 4.79 Å². The number of hydroxylamine groups is 2. The lowest BCUT2D eigenvalue weighted by Crippen LogP contribution is -2.34. The molecule has 0 fully saturated rings. The maximum Gasteiger partial charge on any atom is 0.0427 e. The van der Waals surface area contributed by atoms with Crippen LogP contribution >= 0.6 is 0 Å². The quantitative estimate of drug-likeness (QED) is 0.508. The molecule has 0 atom stereocenters. The summed E-state index contributed by atoms with van der Waals surface area (Å²) < 4.78 is 0. The average molecular weight is 189 g/mol. The Balaban J connectivity index is 3.39. The van der Waals surface area contributed by atoms with Crippen molar-refractivity contribution in [3.63, 3.8) is 0 Å². The predicted molar refractivity (Wildman–Crippen MR) is 46.2 cm³/mol. The summed E-state index contributed by atoms with van der Waals surface area (Å²) in [6, 6.07) is 0. The van der Waals surface area contributed by atoms with E-state index in [2.05, 4.69) is 0 Å². The van der Waals surface area contributed by atoms with Gasteiger partial charge in [-0.05, 0) is 13.6 Å². The maximum absolute atomic E-state index is 10.0. The van der Waals surface area contributed by atoms with Crippen LogP contribution in [0.25, 0.3) is 0 Å². The van der Waals surface area contributed by atoms with E-state index < -0.39 is 5.97 Å². The summed E-state index contributed by atoms with van der Waals surface area (Å²) in [6.07, 6.45) is -0.133. The second-order valence-electron chi connectivity index (χ2n) is 2.97. The smallest absolute Gasteiger partial charge is 0.0427 e. The molecule has 13 heavy (non-hydrogen) atoms. The minimum Gasteiger partial charge on any atom is -0.550 e. The van der Waals surface area contributed by atoms with Crippen molar-refractivity contribution in [2.75, 3.05) is 33.2 Å². The first-order valence-corrected chi connectivity index (χ1v) is 4.38. The molecule has 78 valence electrons. The second-order valence-corrected chi connectivity index (χ2v) is 2.97. The summed E-state index contributed by atoms with van der Waals surface area (Å²) in [5, 5.41) is 20.2. The minimum atomic E-state index is -1.14. The Morgan fingerprint density at radius 2 is 2.00 bits per heavy atom. The number of carboxylic acids is 1. The standard InChI is InChI=1S/C8H18N2O3/c1-3-9(2)6-7-10(13)5-4-8(11)12/h13H,3-7H2,1-2H3,(H,11,12)/p-1. The molecule has 0 saturated heterocycles. The molecule has 0 aliphatic carbocycles. The first-order valence-electron chi connectivity index (χ1n) is 4.38. The molecule has 1 N–H and O–H groups in total. The van der Waals surface area contributed by atoms with E-state index in [4.69, 9.17) is 5.21 Å². The van der Waals surface area contributed by atoms with Crippen molar-refractivity contribution in [3.05, 3.63) is 0 Å². The molecule has 0 radical (unpaired) electrons. The average Bonchev–Trinajstić information content (AvgIpc) is 2.10. The third kappa shape index (κ3) is 7.70. The Labute approximate surface area is 78.5 Å². The molecule has 0 heterocycles. The van der Waals surface area contributed by atoms with Gasteiger partial charge in [-0.1, -0.05) is 6.92 Å². The molecule has 0 amide bonds. The zero-order valence-corrected chi connectivity index (χ0v) is 8.19. The molecule has 0 aliphatic heterocycles. The van der Waals surface area contributed by atoms with Crippen molar-refractivity contribution in [1.82, 2.24) is 9.96 Å². The Kier molecular flexibility index (Phi) is 6.48. The van der Waals surface area contributed by atoms with E-state index in [1.165, 1.54) is 0 Å². The molecule has 0 spiro atoms. The highest BCUT2D eigenvalue weighted by Crippen LogP contribution is 1.88. The SMILES string of the molecule is CCN(C)CCN(O)CCC(=O)[O-]. The highest BCUT2D eigenvalue weighted by atomic mass is 16.5. The monoisotopic (exact) mass is 189 g/mol. The topological polar surface area (TPSA) is 66.8 Å². The summed E-state index contributed by atoms with van der Waals surface area (Å²) in [6.45, 7) is 4.23. The molecule has 5 heteroatoms. The Hall–Kier alpha value is -0.650. The van der Waals surface area contributed by atoms with Gasteiger partial charge >= 0.3 is 0 Å². The number of nitrogens with zero attached hydrogens (tertiary/aromatic N) is 2. The molecule has 0 saturated carbocycles. The van der Waals surface area contributed by atoms with Gasteiger partial charge in [0.2, 0.25) is 0 Å². The van der Waals surface area contributed by atoms with Gasteiger partial charge in [0.25, 0.3) is 0 Å². The minimum absolute atomic E-state index is 0.125. The second kappa shape index (κ2) is 6.82. The van der Waals surface area contributed by atoms with Crippen molar-refractivity contribution < 1.29 is 15.1 Å². The fourth-order valence-corrected chi connectivity index (χ4v) is 0.776. The van der Waals surface area contributed by atoms with Crippen LogP contribution in [0.3, 0.4) is 0 Å². The Bertz CT molecular complexity index is 152. The Morgan fingerprint density at radius 1 is 1.38 bits per heavy atom. The number of likely N-dealkylation sites (N-methyl/N-ethyl adjacent to an activating group) is 1. The number of carbonyl (C=O) groups is 1. The van der Waals surface area contributed by atoms with Crippen LogP contribution in [0.15, 0.2) is 0 Å². The molecule has 0 aromatic carbocycles. The van der Waals surface area contributed by atoms with E-state index in [9.17, 15) is 9.90 Å². The number of hydrogen-bond acceptors (Lipinski definition) is 5. The van der Waals surface area contributed by atoms with Gasteiger partial charge in [0, 0.05) is 32.0 Å². The van der Waals surface area contributed by atoms with E-state index in [-0.39, 0.29) is 13.0 Å². The molecule has 0 aliphatic rings. The molecular weight excluding hydrogens is 172 g/mol. The van der Waals surface area contributed by atoms with E-state index in [0.717, 1.165) is 18.2 Å². The molecule has 0 aromatic rings. The zero-order chi connectivity index (χ0) is 10.3. The summed E-state index contributed by atoms with van der Waals surface area (Å²) in [4.78, 5) is 12.1. The number of aliphatic carboxylic acids is 1. The Morgan fingerprint density at radius 3 is 2.46 bits per heavy atom. The summed E-state index contributed by atoms with van der Waals surface area (Å²) in [5.74, 6) is -1.14. The number of carbonyl (C=O) groups excluding carboxylic acids is 1. The van der Waals surface area contributed by atoms with Crippen molar-refractivity contribution >= 4 is 5.97 Å². The first-order chi connectivity index (χ1) is 6.06. The normalized spacial score (nSPS) is 11.2. The fraction of sp³-hybridized carbons (Fsp3) is 0.875. The van der Waals surface area contributed by atoms with Gasteiger partial charge in [-0.3, -0.25) is 0 Å². The first kappa shape index (κ1) is 12.3. The highest BCUT2D eigenvalue weighted by molar-refractivity contribution is 5.64. The predicted octanol–water partition coefficient (Wildman–Crippen LogP) is -1.23. The van der Waals surface area contributed by atoms with Crippen molar-refractivity contribution in [3.8, 4) is 0 Å². The van der Waals surface area contributed by atoms with Crippen LogP contribution in [0, 0.1) is 0 Å². The largest absolute Gasteiger partial charge is 0.550 e. The van der Waals surface area contributed by atoms with Gasteiger partial charge in [0.15, 0.2) is 0 Å². The van der Waals surface area contributed by atoms with Crippen LogP contribution in [-0.4, -0.2) is 54.4 Å². The summed E-state index contributed by atoms with van der Waals surface area (Å²) in [7, 11) is 1.94. The number of carboxylic acid groups (broad SMARTS) is 1. The molecular formula is C8H17N2O3-. The molecule has 0 rings (SSSR count). The van der Waals surface area contributed by atoms with Crippen LogP contribution in [0.4, 0.5) is 0 Å². The van der Waals surface area contributed by atoms with Crippen molar-refractivity contribution in [1.29, 1.82) is 0 Å². The summed E-state index contributed by atoms with van der Waals surface area (Å²) >= 11 is 0. The van der Waals surface area contributed by atoms with Gasteiger partial charge in [-0.2, -0.15) is 5.06 Å². The molecule has 0 unspecified atom stereocenters. The molecule has 5 nitrogen and oxygen atoms in total. The zero-order valence-electron chi connectivity index (χ0n) is 8.19. The fourth-order valence-electron chi connectivity index (χ4n) is 0.776. The highest BCUT2D eigenvalue weighted by Gasteiger charge is 2.01. The van der Waals surface area contributed by atoms with Gasteiger partial charge in [0.1, 0.15) is 0 Å². The van der Waals surface area contributed by atoms with Crippen LogP contribution in [0.2, 0.25) is 0 Å². The van der Waals surface area contributed by atoms with Gasteiger partial charge in [-0.25, -0.2) is 0 Å². The lowest BCUT2D eigenvalue weighted by Gasteiger charge is -2.19. The number of hydrogen-bond donors (Lipinski definition) is 1. The van der Waals surface area contributed by atoms with Crippen LogP contribution in [0.5, 0.6) is 0 Å². The third-order valence-corrected chi connectivity index (χ3v) is 1.85. The summed E-state index contributed by atoms with van der Waals surface area (Å²) in [5.41, 5.74) is 0. The molecule has 0 bridgehead atoms. The van der Waals surface area contributed by atoms with E-state index in [0.29, 0.717) is 6.54 Å². The van der Waals surface area contributed by atoms with E-state index in [1.54, 1.807) is 0 Å². The molecule has 0 aromatic heterocycles. The lowest BCUT2D eigenvalue weighted by molar-refractivity contribution is -0.306. The van der Waals surface area contributed by atoms with Crippen molar-refractivity contribution in [2.45, 2.75) is 13.3 Å². The van der Waals surface area contributed by atoms with Crippen LogP contribution < -0.4 is 5.11 Å². The van der Waals surface area contributed by atoms with Gasteiger partial charge < -0.3 is 20.0 Å². The van der Waals surface area contributed by atoms with E-state index in [1.807, 2.05) is 18.9 Å². The van der Waals surface area contributed by atoms with Gasteiger partial charge in [0.05, 0.1) is 0 Å². The van der Waals surface area contributed by atoms with Gasteiger partial charge in [-0.15, -0.1) is 0 Å². The third-order valence-electron chi connectivity index (χ3n) is 1.85. The maximum atomic E-state index is 10.0. The van der Waals surface area contributed by atoms with E-state index >= 15 is 0 Å².